The van der Waals surface area contributed by atoms with Gasteiger partial charge in [-0.15, -0.1) is 0 Å². The summed E-state index contributed by atoms with van der Waals surface area (Å²) in [4.78, 5) is 12.0. The summed E-state index contributed by atoms with van der Waals surface area (Å²) in [5, 5.41) is 2.99. The Kier molecular flexibility index (Phi) is 3.92. The zero-order chi connectivity index (χ0) is 13.9. The molecule has 0 saturated heterocycles. The van der Waals surface area contributed by atoms with Crippen molar-refractivity contribution in [3.8, 4) is 5.75 Å². The summed E-state index contributed by atoms with van der Waals surface area (Å²) < 4.78 is 10.9. The molecule has 1 N–H and O–H groups in total. The lowest BCUT2D eigenvalue weighted by Crippen LogP contribution is -2.35. The van der Waals surface area contributed by atoms with Crippen LogP contribution in [0.1, 0.15) is 31.2 Å². The first-order valence-corrected chi connectivity index (χ1v) is 7.34. The molecule has 0 aromatic heterocycles. The molecule has 1 fully saturated rings. The summed E-state index contributed by atoms with van der Waals surface area (Å²) in [5.74, 6) is 1.40. The summed E-state index contributed by atoms with van der Waals surface area (Å²) in [6.07, 6.45) is 5.04. The summed E-state index contributed by atoms with van der Waals surface area (Å²) in [7, 11) is 1.72. The largest absolute Gasteiger partial charge is 0.493 e. The van der Waals surface area contributed by atoms with Crippen LogP contribution in [0.15, 0.2) is 18.2 Å². The van der Waals surface area contributed by atoms with E-state index in [2.05, 4.69) is 5.32 Å². The molecule has 4 nitrogen and oxygen atoms in total. The van der Waals surface area contributed by atoms with Crippen LogP contribution in [0.4, 0.5) is 5.69 Å². The Morgan fingerprint density at radius 1 is 1.45 bits per heavy atom. The molecule has 1 aromatic rings. The fraction of sp³-hybridized carbons (Fsp3) is 0.562. The van der Waals surface area contributed by atoms with Crippen LogP contribution in [0.25, 0.3) is 0 Å². The average Bonchev–Trinajstić information content (AvgIpc) is 2.44. The second-order valence-corrected chi connectivity index (χ2v) is 5.64. The van der Waals surface area contributed by atoms with Gasteiger partial charge in [-0.05, 0) is 55.4 Å². The van der Waals surface area contributed by atoms with E-state index < -0.39 is 0 Å². The molecule has 3 rings (SSSR count). The predicted molar refractivity (Wildman–Crippen MR) is 77.0 cm³/mol. The van der Waals surface area contributed by atoms with Crippen LogP contribution >= 0.6 is 0 Å². The van der Waals surface area contributed by atoms with Crippen molar-refractivity contribution >= 4 is 11.6 Å². The quantitative estimate of drug-likeness (QED) is 0.919. The van der Waals surface area contributed by atoms with Crippen LogP contribution in [0.5, 0.6) is 5.75 Å². The number of methoxy groups -OCH3 is 1. The van der Waals surface area contributed by atoms with Gasteiger partial charge in [-0.25, -0.2) is 0 Å². The number of hydrogen-bond acceptors (Lipinski definition) is 3. The lowest BCUT2D eigenvalue weighted by Gasteiger charge is -2.34. The molecule has 1 saturated carbocycles. The molecule has 2 unspecified atom stereocenters. The van der Waals surface area contributed by atoms with Crippen LogP contribution in [0, 0.1) is 5.92 Å². The molecule has 4 heteroatoms. The van der Waals surface area contributed by atoms with Crippen LogP contribution < -0.4 is 10.1 Å². The molecular formula is C16H21NO3. The number of aryl methyl sites for hydroxylation is 1. The number of carbonyl (C=O) groups is 1. The van der Waals surface area contributed by atoms with Crippen molar-refractivity contribution in [3.05, 3.63) is 23.8 Å². The molecule has 2 aliphatic rings. The second kappa shape index (κ2) is 5.83. The first-order valence-electron chi connectivity index (χ1n) is 7.34. The van der Waals surface area contributed by atoms with E-state index in [1.54, 1.807) is 7.11 Å². The predicted octanol–water partition coefficient (Wildman–Crippen LogP) is 2.77. The highest BCUT2D eigenvalue weighted by Gasteiger charge is 2.32. The van der Waals surface area contributed by atoms with Crippen LogP contribution in [0.2, 0.25) is 0 Å². The number of rotatable bonds is 4. The Labute approximate surface area is 119 Å². The maximum Gasteiger partial charge on any atom is 0.224 e. The number of hydrogen-bond donors (Lipinski definition) is 1. The zero-order valence-electron chi connectivity index (χ0n) is 11.9. The highest BCUT2D eigenvalue weighted by molar-refractivity contribution is 5.91. The van der Waals surface area contributed by atoms with E-state index >= 15 is 0 Å². The van der Waals surface area contributed by atoms with Crippen molar-refractivity contribution in [2.45, 2.75) is 38.2 Å². The van der Waals surface area contributed by atoms with Crippen molar-refractivity contribution < 1.29 is 14.3 Å². The number of anilines is 1. The van der Waals surface area contributed by atoms with Gasteiger partial charge in [-0.2, -0.15) is 0 Å². The van der Waals surface area contributed by atoms with Gasteiger partial charge in [0.2, 0.25) is 5.91 Å². The van der Waals surface area contributed by atoms with Crippen molar-refractivity contribution in [2.24, 2.45) is 5.92 Å². The number of amides is 1. The number of ether oxygens (including phenoxy) is 2. The summed E-state index contributed by atoms with van der Waals surface area (Å²) in [5.41, 5.74) is 2.06. The van der Waals surface area contributed by atoms with E-state index in [1.165, 1.54) is 5.56 Å². The van der Waals surface area contributed by atoms with Crippen molar-refractivity contribution in [1.82, 2.24) is 0 Å². The fourth-order valence-electron chi connectivity index (χ4n) is 2.97. The maximum atomic E-state index is 12.0. The molecule has 20 heavy (non-hydrogen) atoms. The highest BCUT2D eigenvalue weighted by Crippen LogP contribution is 2.33. The minimum absolute atomic E-state index is 0.0772. The third kappa shape index (κ3) is 2.80. The van der Waals surface area contributed by atoms with Gasteiger partial charge in [0, 0.05) is 19.2 Å². The number of carbonyl (C=O) groups excluding carboxylic acids is 1. The van der Waals surface area contributed by atoms with E-state index in [4.69, 9.17) is 9.47 Å². The van der Waals surface area contributed by atoms with E-state index in [9.17, 15) is 4.79 Å². The molecule has 2 atom stereocenters. The zero-order valence-corrected chi connectivity index (χ0v) is 11.9. The fourth-order valence-corrected chi connectivity index (χ4v) is 2.97. The van der Waals surface area contributed by atoms with Crippen LogP contribution in [-0.4, -0.2) is 25.7 Å². The maximum absolute atomic E-state index is 12.0. The van der Waals surface area contributed by atoms with Gasteiger partial charge in [-0.1, -0.05) is 0 Å². The molecule has 0 bridgehead atoms. The minimum Gasteiger partial charge on any atom is -0.493 e. The molecule has 1 amide bonds. The molecule has 0 radical (unpaired) electrons. The van der Waals surface area contributed by atoms with Crippen molar-refractivity contribution in [2.75, 3.05) is 19.0 Å². The third-order valence-electron chi connectivity index (χ3n) is 4.29. The Hall–Kier alpha value is -1.55. The first kappa shape index (κ1) is 13.4. The number of benzene rings is 1. The van der Waals surface area contributed by atoms with Gasteiger partial charge in [0.25, 0.3) is 0 Å². The van der Waals surface area contributed by atoms with Gasteiger partial charge in [0.05, 0.1) is 12.7 Å². The van der Waals surface area contributed by atoms with Gasteiger partial charge in [0.1, 0.15) is 5.75 Å². The smallest absolute Gasteiger partial charge is 0.224 e. The molecule has 1 aromatic carbocycles. The topological polar surface area (TPSA) is 47.6 Å². The normalized spacial score (nSPS) is 24.2. The lowest BCUT2D eigenvalue weighted by molar-refractivity contribution is -0.120. The number of fused-ring (bicyclic) bond motifs is 1. The SMILES string of the molecule is COC1CCC1CC(=O)Nc1ccc2c(c1)CCCO2. The van der Waals surface area contributed by atoms with E-state index in [-0.39, 0.29) is 12.0 Å². The monoisotopic (exact) mass is 275 g/mol. The van der Waals surface area contributed by atoms with E-state index in [0.717, 1.165) is 43.7 Å². The molecule has 1 aliphatic carbocycles. The summed E-state index contributed by atoms with van der Waals surface area (Å²) in [6, 6.07) is 5.89. The van der Waals surface area contributed by atoms with Gasteiger partial charge >= 0.3 is 0 Å². The first-order chi connectivity index (χ1) is 9.76. The van der Waals surface area contributed by atoms with Gasteiger partial charge in [-0.3, -0.25) is 4.79 Å². The Balaban J connectivity index is 1.58. The average molecular weight is 275 g/mol. The van der Waals surface area contributed by atoms with Crippen molar-refractivity contribution in [3.63, 3.8) is 0 Å². The van der Waals surface area contributed by atoms with Gasteiger partial charge < -0.3 is 14.8 Å². The molecule has 1 heterocycles. The van der Waals surface area contributed by atoms with Crippen molar-refractivity contribution in [1.29, 1.82) is 0 Å². The summed E-state index contributed by atoms with van der Waals surface area (Å²) in [6.45, 7) is 0.790. The Morgan fingerprint density at radius 2 is 2.35 bits per heavy atom. The highest BCUT2D eigenvalue weighted by atomic mass is 16.5. The van der Waals surface area contributed by atoms with E-state index in [1.807, 2.05) is 18.2 Å². The molecule has 1 aliphatic heterocycles. The molecular weight excluding hydrogens is 254 g/mol. The van der Waals surface area contributed by atoms with Gasteiger partial charge in [0.15, 0.2) is 0 Å². The number of nitrogens with one attached hydrogen (secondary N) is 1. The minimum atomic E-state index is 0.0772. The molecule has 0 spiro atoms. The second-order valence-electron chi connectivity index (χ2n) is 5.64. The van der Waals surface area contributed by atoms with Crippen LogP contribution in [0.3, 0.4) is 0 Å². The standard InChI is InChI=1S/C16H21NO3/c1-19-14-6-4-12(14)10-16(18)17-13-5-7-15-11(9-13)3-2-8-20-15/h5,7,9,12,14H,2-4,6,8,10H2,1H3,(H,17,18). The third-order valence-corrected chi connectivity index (χ3v) is 4.29. The van der Waals surface area contributed by atoms with Crippen LogP contribution in [-0.2, 0) is 16.0 Å². The Bertz CT molecular complexity index is 498. The Morgan fingerprint density at radius 3 is 3.10 bits per heavy atom. The molecule has 108 valence electrons. The van der Waals surface area contributed by atoms with E-state index in [0.29, 0.717) is 12.3 Å². The lowest BCUT2D eigenvalue weighted by atomic mass is 9.79. The summed E-state index contributed by atoms with van der Waals surface area (Å²) >= 11 is 0.